The van der Waals surface area contributed by atoms with E-state index in [1.807, 2.05) is 0 Å². The summed E-state index contributed by atoms with van der Waals surface area (Å²) in [5.74, 6) is 0. The van der Waals surface area contributed by atoms with Crippen LogP contribution in [0.5, 0.6) is 0 Å². The Morgan fingerprint density at radius 1 is 1.55 bits per heavy atom. The third-order valence-corrected chi connectivity index (χ3v) is 6.06. The summed E-state index contributed by atoms with van der Waals surface area (Å²) >= 11 is 0. The highest BCUT2D eigenvalue weighted by molar-refractivity contribution is 6.85. The molecule has 0 N–H and O–H groups in total. The molecule has 1 heteroatoms. The summed E-state index contributed by atoms with van der Waals surface area (Å²) in [6.45, 7) is 13.3. The van der Waals surface area contributed by atoms with Crippen LogP contribution in [0.25, 0.3) is 0 Å². The third-order valence-electron chi connectivity index (χ3n) is 2.50. The smallest absolute Gasteiger partial charge is 0.0798 e. The molecule has 0 fully saturated rings. The SMILES string of the molecule is C=CC[Si](C)(C)C1=CC1(C)C. The van der Waals surface area contributed by atoms with E-state index in [9.17, 15) is 0 Å². The molecule has 0 amide bonds. The van der Waals surface area contributed by atoms with Gasteiger partial charge >= 0.3 is 0 Å². The van der Waals surface area contributed by atoms with Crippen LogP contribution < -0.4 is 0 Å². The van der Waals surface area contributed by atoms with E-state index in [2.05, 4.69) is 45.7 Å². The molecule has 1 aliphatic carbocycles. The molecule has 0 aliphatic heterocycles. The zero-order valence-electron chi connectivity index (χ0n) is 8.07. The van der Waals surface area contributed by atoms with Gasteiger partial charge in [-0.15, -0.1) is 6.58 Å². The van der Waals surface area contributed by atoms with Gasteiger partial charge in [-0.3, -0.25) is 0 Å². The Hall–Kier alpha value is -0.303. The molecule has 0 radical (unpaired) electrons. The minimum absolute atomic E-state index is 0.457. The first kappa shape index (κ1) is 8.79. The first-order valence-electron chi connectivity index (χ1n) is 4.25. The minimum atomic E-state index is -1.06. The molecule has 0 unspecified atom stereocenters. The Balaban J connectivity index is 2.62. The summed E-state index contributed by atoms with van der Waals surface area (Å²) in [5, 5.41) is 1.73. The van der Waals surface area contributed by atoms with Gasteiger partial charge in [0.25, 0.3) is 0 Å². The number of hydrogen-bond donors (Lipinski definition) is 0. The number of hydrogen-bond acceptors (Lipinski definition) is 0. The average molecular weight is 166 g/mol. The van der Waals surface area contributed by atoms with Crippen LogP contribution in [0, 0.1) is 5.41 Å². The van der Waals surface area contributed by atoms with Crippen molar-refractivity contribution in [2.75, 3.05) is 0 Å². The molecule has 0 saturated heterocycles. The van der Waals surface area contributed by atoms with Crippen LogP contribution in [0.3, 0.4) is 0 Å². The van der Waals surface area contributed by atoms with E-state index >= 15 is 0 Å². The molecule has 0 spiro atoms. The second kappa shape index (κ2) is 2.34. The highest BCUT2D eigenvalue weighted by Gasteiger charge is 2.43. The van der Waals surface area contributed by atoms with Crippen LogP contribution in [0.15, 0.2) is 23.9 Å². The van der Waals surface area contributed by atoms with Crippen molar-refractivity contribution < 1.29 is 0 Å². The fraction of sp³-hybridized carbons (Fsp3) is 0.600. The van der Waals surface area contributed by atoms with E-state index in [1.54, 1.807) is 5.20 Å². The molecule has 0 aromatic heterocycles. The van der Waals surface area contributed by atoms with Crippen LogP contribution in [-0.4, -0.2) is 8.07 Å². The van der Waals surface area contributed by atoms with E-state index < -0.39 is 8.07 Å². The van der Waals surface area contributed by atoms with Crippen LogP contribution in [0.2, 0.25) is 19.1 Å². The Kier molecular flexibility index (Phi) is 1.87. The van der Waals surface area contributed by atoms with Crippen molar-refractivity contribution in [3.05, 3.63) is 23.9 Å². The summed E-state index contributed by atoms with van der Waals surface area (Å²) < 4.78 is 0. The van der Waals surface area contributed by atoms with Crippen molar-refractivity contribution in [1.29, 1.82) is 0 Å². The monoisotopic (exact) mass is 166 g/mol. The molecule has 0 saturated carbocycles. The lowest BCUT2D eigenvalue weighted by Gasteiger charge is -2.21. The first-order chi connectivity index (χ1) is 4.90. The maximum Gasteiger partial charge on any atom is 0.0798 e. The topological polar surface area (TPSA) is 0 Å². The van der Waals surface area contributed by atoms with Gasteiger partial charge in [-0.05, 0) is 11.5 Å². The minimum Gasteiger partial charge on any atom is -0.103 e. The Labute approximate surface area is 71.0 Å². The molecule has 0 bridgehead atoms. The van der Waals surface area contributed by atoms with Gasteiger partial charge in [-0.2, -0.15) is 0 Å². The van der Waals surface area contributed by atoms with Crippen LogP contribution >= 0.6 is 0 Å². The largest absolute Gasteiger partial charge is 0.103 e. The highest BCUT2D eigenvalue weighted by atomic mass is 28.3. The standard InChI is InChI=1S/C10H18Si/c1-6-7-11(4,5)9-8-10(9,2)3/h6,8H,1,7H2,2-5H3. The zero-order valence-corrected chi connectivity index (χ0v) is 9.07. The van der Waals surface area contributed by atoms with Gasteiger partial charge in [0, 0.05) is 0 Å². The summed E-state index contributed by atoms with van der Waals surface area (Å²) in [6, 6.07) is 1.22. The van der Waals surface area contributed by atoms with E-state index in [0.717, 1.165) is 0 Å². The number of rotatable bonds is 3. The predicted octanol–water partition coefficient (Wildman–Crippen LogP) is 3.39. The van der Waals surface area contributed by atoms with Gasteiger partial charge in [0.15, 0.2) is 0 Å². The molecule has 0 nitrogen and oxygen atoms in total. The third kappa shape index (κ3) is 1.64. The second-order valence-corrected chi connectivity index (χ2v) is 9.37. The van der Waals surface area contributed by atoms with Gasteiger partial charge < -0.3 is 0 Å². The molecule has 62 valence electrons. The molecule has 1 rings (SSSR count). The maximum absolute atomic E-state index is 3.81. The normalized spacial score (nSPS) is 20.9. The van der Waals surface area contributed by atoms with Gasteiger partial charge in [0.1, 0.15) is 0 Å². The molecule has 0 atom stereocenters. The molecule has 0 aromatic carbocycles. The Morgan fingerprint density at radius 2 is 2.00 bits per heavy atom. The van der Waals surface area contributed by atoms with Gasteiger partial charge in [0.05, 0.1) is 8.07 Å². The van der Waals surface area contributed by atoms with Crippen molar-refractivity contribution in [2.24, 2.45) is 5.41 Å². The van der Waals surface area contributed by atoms with Crippen molar-refractivity contribution in [1.82, 2.24) is 0 Å². The van der Waals surface area contributed by atoms with Crippen LogP contribution in [0.1, 0.15) is 13.8 Å². The van der Waals surface area contributed by atoms with Crippen LogP contribution in [-0.2, 0) is 0 Å². The van der Waals surface area contributed by atoms with E-state index in [-0.39, 0.29) is 0 Å². The van der Waals surface area contributed by atoms with E-state index in [0.29, 0.717) is 5.41 Å². The van der Waals surface area contributed by atoms with Crippen LogP contribution in [0.4, 0.5) is 0 Å². The lowest BCUT2D eigenvalue weighted by molar-refractivity contribution is 0.717. The van der Waals surface area contributed by atoms with Crippen molar-refractivity contribution in [2.45, 2.75) is 33.0 Å². The molecule has 11 heavy (non-hydrogen) atoms. The molecule has 0 heterocycles. The van der Waals surface area contributed by atoms with E-state index in [1.165, 1.54) is 6.04 Å². The van der Waals surface area contributed by atoms with Gasteiger partial charge in [-0.1, -0.05) is 44.3 Å². The zero-order chi connectivity index (χ0) is 8.70. The molecule has 1 aliphatic rings. The Bertz CT molecular complexity index is 209. The van der Waals surface area contributed by atoms with E-state index in [4.69, 9.17) is 0 Å². The Morgan fingerprint density at radius 3 is 2.27 bits per heavy atom. The summed E-state index contributed by atoms with van der Waals surface area (Å²) in [6.07, 6.45) is 4.49. The second-order valence-electron chi connectivity index (χ2n) is 4.66. The lowest BCUT2D eigenvalue weighted by atomic mass is 10.2. The lowest BCUT2D eigenvalue weighted by Crippen LogP contribution is -2.26. The number of allylic oxidation sites excluding steroid dienone is 3. The fourth-order valence-electron chi connectivity index (χ4n) is 1.86. The first-order valence-corrected chi connectivity index (χ1v) is 7.45. The van der Waals surface area contributed by atoms with Gasteiger partial charge in [0.2, 0.25) is 0 Å². The van der Waals surface area contributed by atoms with Crippen molar-refractivity contribution >= 4 is 8.07 Å². The quantitative estimate of drug-likeness (QED) is 0.445. The summed E-state index contributed by atoms with van der Waals surface area (Å²) in [5.41, 5.74) is 0.457. The molecular weight excluding hydrogens is 148 g/mol. The van der Waals surface area contributed by atoms with Gasteiger partial charge in [-0.25, -0.2) is 0 Å². The van der Waals surface area contributed by atoms with Crippen molar-refractivity contribution in [3.8, 4) is 0 Å². The average Bonchev–Trinajstić information content (AvgIpc) is 2.41. The van der Waals surface area contributed by atoms with Crippen molar-refractivity contribution in [3.63, 3.8) is 0 Å². The fourth-order valence-corrected chi connectivity index (χ4v) is 5.30. The molecular formula is C10H18Si. The summed E-state index contributed by atoms with van der Waals surface area (Å²) in [4.78, 5) is 0. The predicted molar refractivity (Wildman–Crippen MR) is 54.4 cm³/mol. The maximum atomic E-state index is 3.81. The highest BCUT2D eigenvalue weighted by Crippen LogP contribution is 2.49. The molecule has 0 aromatic rings. The summed E-state index contributed by atoms with van der Waals surface area (Å²) in [7, 11) is -1.06.